The van der Waals surface area contributed by atoms with Crippen LogP contribution in [0, 0.1) is 0 Å². The van der Waals surface area contributed by atoms with Crippen LogP contribution in [0.3, 0.4) is 0 Å². The highest BCUT2D eigenvalue weighted by Gasteiger charge is 2.52. The smallest absolute Gasteiger partial charge is 0.400 e. The maximum Gasteiger partial charge on any atom is 0.490 e. The van der Waals surface area contributed by atoms with E-state index in [0.29, 0.717) is 0 Å². The number of para-hydroxylation sites is 3. The van der Waals surface area contributed by atoms with Crippen molar-refractivity contribution in [2.45, 2.75) is 51.7 Å². The summed E-state index contributed by atoms with van der Waals surface area (Å²) in [6, 6.07) is 18.8. The Morgan fingerprint density at radius 1 is 0.833 bits per heavy atom. The Labute approximate surface area is 178 Å². The largest absolute Gasteiger partial charge is 0.490 e. The van der Waals surface area contributed by atoms with Crippen LogP contribution in [0.1, 0.15) is 46.4 Å². The zero-order valence-corrected chi connectivity index (χ0v) is 18.1. The SMILES string of the molecule is CC1(C)OB(C2=CC=C(c3nc4ccccc4n3-c3ccccc3)CC2)OC1(C)C. The average Bonchev–Trinajstić information content (AvgIpc) is 3.23. The molecular weight excluding hydrogens is 371 g/mol. The fraction of sp³-hybridized carbons (Fsp3) is 0.320. The van der Waals surface area contributed by atoms with Gasteiger partial charge in [-0.25, -0.2) is 4.98 Å². The van der Waals surface area contributed by atoms with Crippen LogP contribution in [-0.4, -0.2) is 27.9 Å². The van der Waals surface area contributed by atoms with Gasteiger partial charge < -0.3 is 9.31 Å². The molecule has 1 aromatic heterocycles. The van der Waals surface area contributed by atoms with Crippen molar-refractivity contribution < 1.29 is 9.31 Å². The van der Waals surface area contributed by atoms with Gasteiger partial charge >= 0.3 is 7.12 Å². The molecule has 0 N–H and O–H groups in total. The molecule has 0 spiro atoms. The zero-order chi connectivity index (χ0) is 20.9. The Bertz CT molecular complexity index is 1140. The lowest BCUT2D eigenvalue weighted by Gasteiger charge is -2.32. The van der Waals surface area contributed by atoms with Gasteiger partial charge in [0.2, 0.25) is 0 Å². The van der Waals surface area contributed by atoms with Crippen molar-refractivity contribution in [3.63, 3.8) is 0 Å². The van der Waals surface area contributed by atoms with E-state index < -0.39 is 0 Å². The third-order valence-electron chi connectivity index (χ3n) is 6.60. The first kappa shape index (κ1) is 19.3. The number of fused-ring (bicyclic) bond motifs is 1. The molecule has 1 aliphatic carbocycles. The summed E-state index contributed by atoms with van der Waals surface area (Å²) in [5, 5.41) is 0. The first-order valence-electron chi connectivity index (χ1n) is 10.6. The molecule has 0 unspecified atom stereocenters. The van der Waals surface area contributed by atoms with Crippen LogP contribution in [0.4, 0.5) is 0 Å². The van der Waals surface area contributed by atoms with Gasteiger partial charge in [0, 0.05) is 5.69 Å². The number of hydrogen-bond acceptors (Lipinski definition) is 3. The number of nitrogens with zero attached hydrogens (tertiary/aromatic N) is 2. The van der Waals surface area contributed by atoms with E-state index in [1.165, 1.54) is 11.0 Å². The summed E-state index contributed by atoms with van der Waals surface area (Å²) in [5.74, 6) is 1.01. The van der Waals surface area contributed by atoms with Crippen LogP contribution in [0.2, 0.25) is 0 Å². The first-order chi connectivity index (χ1) is 14.4. The molecule has 0 amide bonds. The van der Waals surface area contributed by atoms with E-state index in [4.69, 9.17) is 14.3 Å². The normalized spacial score (nSPS) is 20.3. The van der Waals surface area contributed by atoms with E-state index in [9.17, 15) is 0 Å². The van der Waals surface area contributed by atoms with Crippen LogP contribution in [-0.2, 0) is 9.31 Å². The highest BCUT2D eigenvalue weighted by atomic mass is 16.7. The van der Waals surface area contributed by atoms with Gasteiger partial charge in [-0.2, -0.15) is 0 Å². The van der Waals surface area contributed by atoms with Gasteiger partial charge in [0.25, 0.3) is 0 Å². The number of aromatic nitrogens is 2. The van der Waals surface area contributed by atoms with Crippen molar-refractivity contribution in [2.75, 3.05) is 0 Å². The molecule has 0 saturated carbocycles. The Morgan fingerprint density at radius 3 is 2.17 bits per heavy atom. The summed E-state index contributed by atoms with van der Waals surface area (Å²) in [7, 11) is -0.277. The molecule has 1 aliphatic heterocycles. The zero-order valence-electron chi connectivity index (χ0n) is 18.1. The standard InChI is InChI=1S/C25H27BN2O2/c1-24(2)25(3,4)30-26(29-24)19-16-14-18(15-17-19)23-27-21-12-8-9-13-22(21)28(23)20-10-6-5-7-11-20/h5-14,16H,15,17H2,1-4H3. The quantitative estimate of drug-likeness (QED) is 0.527. The fourth-order valence-electron chi connectivity index (χ4n) is 4.11. The predicted octanol–water partition coefficient (Wildman–Crippen LogP) is 5.76. The summed E-state index contributed by atoms with van der Waals surface area (Å²) >= 11 is 0. The molecule has 2 heterocycles. The predicted molar refractivity (Wildman–Crippen MR) is 122 cm³/mol. The minimum Gasteiger partial charge on any atom is -0.400 e. The number of allylic oxidation sites excluding steroid dienone is 4. The Kier molecular flexibility index (Phi) is 4.49. The van der Waals surface area contributed by atoms with Gasteiger partial charge in [-0.05, 0) is 75.8 Å². The summed E-state index contributed by atoms with van der Waals surface area (Å²) in [4.78, 5) is 4.98. The van der Waals surface area contributed by atoms with Crippen LogP contribution >= 0.6 is 0 Å². The van der Waals surface area contributed by atoms with Crippen molar-refractivity contribution in [1.82, 2.24) is 9.55 Å². The highest BCUT2D eigenvalue weighted by molar-refractivity contribution is 6.54. The summed E-state index contributed by atoms with van der Waals surface area (Å²) < 4.78 is 14.7. The molecule has 0 atom stereocenters. The first-order valence-corrected chi connectivity index (χ1v) is 10.6. The van der Waals surface area contributed by atoms with Gasteiger partial charge in [0.05, 0.1) is 22.2 Å². The molecule has 152 valence electrons. The van der Waals surface area contributed by atoms with Crippen molar-refractivity contribution >= 4 is 23.7 Å². The van der Waals surface area contributed by atoms with Crippen LogP contribution < -0.4 is 0 Å². The van der Waals surface area contributed by atoms with Gasteiger partial charge in [0.15, 0.2) is 0 Å². The van der Waals surface area contributed by atoms with Crippen molar-refractivity contribution in [3.8, 4) is 5.69 Å². The highest BCUT2D eigenvalue weighted by Crippen LogP contribution is 2.41. The van der Waals surface area contributed by atoms with Gasteiger partial charge in [0.1, 0.15) is 5.82 Å². The Balaban J connectivity index is 1.53. The maximum absolute atomic E-state index is 6.24. The summed E-state index contributed by atoms with van der Waals surface area (Å²) in [6.45, 7) is 8.39. The molecule has 5 rings (SSSR count). The topological polar surface area (TPSA) is 36.3 Å². The lowest BCUT2D eigenvalue weighted by molar-refractivity contribution is 0.00578. The molecule has 3 aromatic rings. The Morgan fingerprint density at radius 2 is 1.50 bits per heavy atom. The number of rotatable bonds is 3. The molecule has 4 nitrogen and oxygen atoms in total. The van der Waals surface area contributed by atoms with E-state index in [1.54, 1.807) is 0 Å². The third kappa shape index (κ3) is 3.13. The van der Waals surface area contributed by atoms with Gasteiger partial charge in [-0.1, -0.05) is 42.5 Å². The number of imidazole rings is 1. The van der Waals surface area contributed by atoms with Gasteiger partial charge in [-0.15, -0.1) is 0 Å². The van der Waals surface area contributed by atoms with E-state index in [0.717, 1.165) is 35.4 Å². The summed E-state index contributed by atoms with van der Waals surface area (Å²) in [6.07, 6.45) is 6.16. The van der Waals surface area contributed by atoms with Crippen LogP contribution in [0.25, 0.3) is 22.3 Å². The molecular formula is C25H27BN2O2. The molecule has 1 fully saturated rings. The van der Waals surface area contributed by atoms with E-state index in [-0.39, 0.29) is 18.3 Å². The second-order valence-corrected chi connectivity index (χ2v) is 9.12. The molecule has 1 saturated heterocycles. The van der Waals surface area contributed by atoms with E-state index in [1.807, 2.05) is 12.1 Å². The van der Waals surface area contributed by atoms with Crippen molar-refractivity contribution in [2.24, 2.45) is 0 Å². The van der Waals surface area contributed by atoms with E-state index >= 15 is 0 Å². The maximum atomic E-state index is 6.24. The van der Waals surface area contributed by atoms with E-state index in [2.05, 4.69) is 86.9 Å². The molecule has 2 aromatic carbocycles. The minimum atomic E-state index is -0.316. The second-order valence-electron chi connectivity index (χ2n) is 9.12. The molecule has 2 aliphatic rings. The lowest BCUT2D eigenvalue weighted by Crippen LogP contribution is -2.41. The molecule has 0 bridgehead atoms. The lowest BCUT2D eigenvalue weighted by atomic mass is 9.73. The van der Waals surface area contributed by atoms with Crippen LogP contribution in [0.15, 0.2) is 72.2 Å². The average molecular weight is 398 g/mol. The number of benzene rings is 2. The van der Waals surface area contributed by atoms with Crippen molar-refractivity contribution in [3.05, 3.63) is 78.0 Å². The van der Waals surface area contributed by atoms with Crippen molar-refractivity contribution in [1.29, 1.82) is 0 Å². The number of hydrogen-bond donors (Lipinski definition) is 0. The third-order valence-corrected chi connectivity index (χ3v) is 6.60. The molecule has 30 heavy (non-hydrogen) atoms. The molecule has 0 radical (unpaired) electrons. The minimum absolute atomic E-state index is 0.277. The second kappa shape index (κ2) is 6.97. The molecule has 5 heteroatoms. The fourth-order valence-corrected chi connectivity index (χ4v) is 4.11. The monoisotopic (exact) mass is 398 g/mol. The Hall–Kier alpha value is -2.63. The van der Waals surface area contributed by atoms with Crippen LogP contribution in [0.5, 0.6) is 0 Å². The summed E-state index contributed by atoms with van der Waals surface area (Å²) in [5.41, 5.74) is 5.06. The van der Waals surface area contributed by atoms with Gasteiger partial charge in [-0.3, -0.25) is 4.57 Å².